The second kappa shape index (κ2) is 7.03. The Hall–Kier alpha value is -1.88. The van der Waals surface area contributed by atoms with E-state index >= 15 is 0 Å². The van der Waals surface area contributed by atoms with Crippen LogP contribution in [0, 0.1) is 0 Å². The molecule has 2 saturated carbocycles. The van der Waals surface area contributed by atoms with Crippen LogP contribution in [0.5, 0.6) is 0 Å². The van der Waals surface area contributed by atoms with Gasteiger partial charge in [0.15, 0.2) is 0 Å². The van der Waals surface area contributed by atoms with Crippen LogP contribution in [0.25, 0.3) is 0 Å². The van der Waals surface area contributed by atoms with Gasteiger partial charge in [0, 0.05) is 11.6 Å². The van der Waals surface area contributed by atoms with Gasteiger partial charge in [0.2, 0.25) is 5.91 Å². The SMILES string of the molecule is CCc1ccc(C(=O)N2[C@H](C(=O)NC3CC3)COC23CCCCC3)cc1. The van der Waals surface area contributed by atoms with Crippen molar-refractivity contribution in [2.75, 3.05) is 6.61 Å². The molecule has 140 valence electrons. The molecule has 2 amide bonds. The predicted molar refractivity (Wildman–Crippen MR) is 98.7 cm³/mol. The molecule has 1 saturated heterocycles. The van der Waals surface area contributed by atoms with Gasteiger partial charge in [-0.2, -0.15) is 0 Å². The summed E-state index contributed by atoms with van der Waals surface area (Å²) in [5, 5.41) is 3.06. The number of nitrogens with zero attached hydrogens (tertiary/aromatic N) is 1. The molecule has 2 aliphatic carbocycles. The summed E-state index contributed by atoms with van der Waals surface area (Å²) >= 11 is 0. The van der Waals surface area contributed by atoms with Crippen molar-refractivity contribution in [3.05, 3.63) is 35.4 Å². The van der Waals surface area contributed by atoms with Gasteiger partial charge in [0.1, 0.15) is 11.8 Å². The molecule has 0 unspecified atom stereocenters. The van der Waals surface area contributed by atoms with Crippen molar-refractivity contribution in [1.29, 1.82) is 0 Å². The summed E-state index contributed by atoms with van der Waals surface area (Å²) in [4.78, 5) is 28.0. The Morgan fingerprint density at radius 2 is 1.85 bits per heavy atom. The molecule has 1 N–H and O–H groups in total. The number of amides is 2. The second-order valence-corrected chi connectivity index (χ2v) is 7.84. The maximum Gasteiger partial charge on any atom is 0.256 e. The summed E-state index contributed by atoms with van der Waals surface area (Å²) in [6.07, 6.45) is 7.89. The summed E-state index contributed by atoms with van der Waals surface area (Å²) in [7, 11) is 0. The van der Waals surface area contributed by atoms with Crippen molar-refractivity contribution < 1.29 is 14.3 Å². The van der Waals surface area contributed by atoms with Gasteiger partial charge < -0.3 is 10.1 Å². The lowest BCUT2D eigenvalue weighted by atomic mass is 9.89. The molecule has 1 aliphatic heterocycles. The second-order valence-electron chi connectivity index (χ2n) is 7.84. The lowest BCUT2D eigenvalue weighted by Crippen LogP contribution is -2.56. The van der Waals surface area contributed by atoms with E-state index < -0.39 is 11.8 Å². The van der Waals surface area contributed by atoms with Gasteiger partial charge in [-0.1, -0.05) is 25.5 Å². The molecule has 0 radical (unpaired) electrons. The van der Waals surface area contributed by atoms with Crippen LogP contribution in [0.3, 0.4) is 0 Å². The molecule has 1 spiro atoms. The van der Waals surface area contributed by atoms with Crippen LogP contribution in [0.15, 0.2) is 24.3 Å². The zero-order valence-electron chi connectivity index (χ0n) is 15.5. The first-order valence-corrected chi connectivity index (χ1v) is 10.00. The minimum atomic E-state index is -0.607. The predicted octanol–water partition coefficient (Wildman–Crippen LogP) is 3.03. The first-order chi connectivity index (χ1) is 12.6. The third-order valence-electron chi connectivity index (χ3n) is 5.95. The van der Waals surface area contributed by atoms with E-state index in [1.54, 1.807) is 4.90 Å². The maximum atomic E-state index is 13.4. The Bertz CT molecular complexity index is 675. The Morgan fingerprint density at radius 1 is 1.15 bits per heavy atom. The maximum absolute atomic E-state index is 13.4. The Balaban J connectivity index is 1.62. The van der Waals surface area contributed by atoms with Crippen LogP contribution >= 0.6 is 0 Å². The lowest BCUT2D eigenvalue weighted by Gasteiger charge is -2.41. The van der Waals surface area contributed by atoms with E-state index in [2.05, 4.69) is 12.2 Å². The molecule has 3 fully saturated rings. The molecule has 5 heteroatoms. The molecule has 1 heterocycles. The fourth-order valence-corrected chi connectivity index (χ4v) is 4.22. The highest BCUT2D eigenvalue weighted by atomic mass is 16.5. The van der Waals surface area contributed by atoms with E-state index in [-0.39, 0.29) is 17.9 Å². The van der Waals surface area contributed by atoms with E-state index in [1.807, 2.05) is 24.3 Å². The summed E-state index contributed by atoms with van der Waals surface area (Å²) in [5.41, 5.74) is 1.24. The van der Waals surface area contributed by atoms with Gasteiger partial charge in [0.25, 0.3) is 5.91 Å². The number of hydrogen-bond acceptors (Lipinski definition) is 3. The van der Waals surface area contributed by atoms with Crippen LogP contribution in [0.1, 0.15) is 67.8 Å². The molecule has 5 nitrogen and oxygen atoms in total. The highest BCUT2D eigenvalue weighted by Crippen LogP contribution is 2.41. The average molecular weight is 356 g/mol. The largest absolute Gasteiger partial charge is 0.353 e. The molecule has 26 heavy (non-hydrogen) atoms. The topological polar surface area (TPSA) is 58.6 Å². The van der Waals surface area contributed by atoms with Gasteiger partial charge in [-0.15, -0.1) is 0 Å². The molecule has 4 rings (SSSR count). The van der Waals surface area contributed by atoms with Gasteiger partial charge in [-0.25, -0.2) is 0 Å². The number of carbonyl (C=O) groups excluding carboxylic acids is 2. The van der Waals surface area contributed by atoms with Gasteiger partial charge >= 0.3 is 0 Å². The number of ether oxygens (including phenoxy) is 1. The minimum Gasteiger partial charge on any atom is -0.353 e. The summed E-state index contributed by atoms with van der Waals surface area (Å²) in [5.74, 6) is -0.142. The summed E-state index contributed by atoms with van der Waals surface area (Å²) < 4.78 is 6.16. The standard InChI is InChI=1S/C21H28N2O3/c1-2-15-6-8-16(9-7-15)20(25)23-18(19(24)22-17-10-11-17)14-26-21(23)12-4-3-5-13-21/h6-9,17-18H,2-5,10-14H2,1H3,(H,22,24)/t18-/m0/s1. The fourth-order valence-electron chi connectivity index (χ4n) is 4.22. The molecule has 3 aliphatic rings. The van der Waals surface area contributed by atoms with E-state index in [1.165, 1.54) is 5.56 Å². The lowest BCUT2D eigenvalue weighted by molar-refractivity contribution is -0.127. The number of rotatable bonds is 4. The van der Waals surface area contributed by atoms with Crippen molar-refractivity contribution >= 4 is 11.8 Å². The minimum absolute atomic E-state index is 0.0616. The van der Waals surface area contributed by atoms with Crippen molar-refractivity contribution in [3.63, 3.8) is 0 Å². The van der Waals surface area contributed by atoms with Crippen LogP contribution < -0.4 is 5.32 Å². The van der Waals surface area contributed by atoms with Crippen molar-refractivity contribution in [2.24, 2.45) is 0 Å². The van der Waals surface area contributed by atoms with E-state index in [4.69, 9.17) is 4.74 Å². The molecular weight excluding hydrogens is 328 g/mol. The summed E-state index contributed by atoms with van der Waals surface area (Å²) in [6, 6.07) is 7.52. The van der Waals surface area contributed by atoms with E-state index in [0.717, 1.165) is 51.4 Å². The third kappa shape index (κ3) is 3.25. The molecule has 0 aromatic heterocycles. The molecular formula is C21H28N2O3. The fraction of sp³-hybridized carbons (Fsp3) is 0.619. The average Bonchev–Trinajstić information content (AvgIpc) is 3.42. The Kier molecular flexibility index (Phi) is 4.74. The van der Waals surface area contributed by atoms with Crippen LogP contribution in [-0.4, -0.2) is 41.1 Å². The molecule has 0 bridgehead atoms. The normalized spacial score (nSPS) is 24.7. The summed E-state index contributed by atoms with van der Waals surface area (Å²) in [6.45, 7) is 2.40. The first-order valence-electron chi connectivity index (χ1n) is 10.00. The van der Waals surface area contributed by atoms with Crippen molar-refractivity contribution in [3.8, 4) is 0 Å². The number of benzene rings is 1. The first kappa shape index (κ1) is 17.5. The monoisotopic (exact) mass is 356 g/mol. The number of aryl methyl sites for hydroxylation is 1. The van der Waals surface area contributed by atoms with E-state index in [0.29, 0.717) is 12.2 Å². The zero-order chi connectivity index (χ0) is 18.1. The molecule has 1 aromatic rings. The van der Waals surface area contributed by atoms with Crippen molar-refractivity contribution in [1.82, 2.24) is 10.2 Å². The highest BCUT2D eigenvalue weighted by Gasteiger charge is 2.53. The van der Waals surface area contributed by atoms with Crippen molar-refractivity contribution in [2.45, 2.75) is 76.1 Å². The third-order valence-corrected chi connectivity index (χ3v) is 5.95. The molecule has 1 atom stereocenters. The Morgan fingerprint density at radius 3 is 2.46 bits per heavy atom. The Labute approximate surface area is 155 Å². The number of carbonyl (C=O) groups is 2. The smallest absolute Gasteiger partial charge is 0.256 e. The zero-order valence-corrected chi connectivity index (χ0v) is 15.5. The quantitative estimate of drug-likeness (QED) is 0.902. The number of hydrogen-bond donors (Lipinski definition) is 1. The van der Waals surface area contributed by atoms with Gasteiger partial charge in [-0.3, -0.25) is 14.5 Å². The van der Waals surface area contributed by atoms with Crippen LogP contribution in [0.2, 0.25) is 0 Å². The van der Waals surface area contributed by atoms with E-state index in [9.17, 15) is 9.59 Å². The molecule has 1 aromatic carbocycles. The number of nitrogens with one attached hydrogen (secondary N) is 1. The van der Waals surface area contributed by atoms with Crippen LogP contribution in [0.4, 0.5) is 0 Å². The van der Waals surface area contributed by atoms with Gasteiger partial charge in [0.05, 0.1) is 6.61 Å². The van der Waals surface area contributed by atoms with Gasteiger partial charge in [-0.05, 0) is 62.6 Å². The van der Waals surface area contributed by atoms with Crippen LogP contribution in [-0.2, 0) is 16.0 Å². The highest BCUT2D eigenvalue weighted by molar-refractivity contribution is 5.98.